The van der Waals surface area contributed by atoms with Gasteiger partial charge in [0, 0.05) is 5.02 Å². The maximum absolute atomic E-state index is 11.8. The van der Waals surface area contributed by atoms with E-state index < -0.39 is 11.9 Å². The Labute approximate surface area is 145 Å². The van der Waals surface area contributed by atoms with E-state index in [-0.39, 0.29) is 17.9 Å². The van der Waals surface area contributed by atoms with Crippen molar-refractivity contribution in [3.8, 4) is 11.5 Å². The van der Waals surface area contributed by atoms with Gasteiger partial charge in [-0.1, -0.05) is 11.6 Å². The number of esters is 1. The van der Waals surface area contributed by atoms with Crippen LogP contribution in [-0.2, 0) is 4.79 Å². The summed E-state index contributed by atoms with van der Waals surface area (Å²) < 4.78 is 10.9. The van der Waals surface area contributed by atoms with Crippen molar-refractivity contribution in [2.24, 2.45) is 0 Å². The maximum Gasteiger partial charge on any atom is 0.349 e. The molecule has 0 atom stereocenters. The SMILES string of the molecule is Cc1cc(Cl)ccc1OCC(=O)Oc1ccc(C(=O)O)cc1Br. The Morgan fingerprint density at radius 2 is 1.87 bits per heavy atom. The van der Waals surface area contributed by atoms with Gasteiger partial charge < -0.3 is 14.6 Å². The van der Waals surface area contributed by atoms with Crippen molar-refractivity contribution in [2.75, 3.05) is 6.61 Å². The van der Waals surface area contributed by atoms with Gasteiger partial charge >= 0.3 is 11.9 Å². The lowest BCUT2D eigenvalue weighted by Gasteiger charge is -2.10. The minimum Gasteiger partial charge on any atom is -0.482 e. The second kappa shape index (κ2) is 7.48. The van der Waals surface area contributed by atoms with Crippen molar-refractivity contribution in [1.82, 2.24) is 0 Å². The van der Waals surface area contributed by atoms with Gasteiger partial charge in [-0.3, -0.25) is 0 Å². The fourth-order valence-corrected chi connectivity index (χ4v) is 2.47. The number of carbonyl (C=O) groups is 2. The van der Waals surface area contributed by atoms with Gasteiger partial charge in [0.2, 0.25) is 0 Å². The van der Waals surface area contributed by atoms with E-state index in [2.05, 4.69) is 15.9 Å². The van der Waals surface area contributed by atoms with Crippen LogP contribution in [0.5, 0.6) is 11.5 Å². The lowest BCUT2D eigenvalue weighted by atomic mass is 10.2. The quantitative estimate of drug-likeness (QED) is 0.605. The molecule has 2 aromatic rings. The van der Waals surface area contributed by atoms with Crippen molar-refractivity contribution in [3.63, 3.8) is 0 Å². The first-order valence-electron chi connectivity index (χ1n) is 6.49. The number of carboxylic acids is 1. The third kappa shape index (κ3) is 4.71. The average molecular weight is 400 g/mol. The third-order valence-corrected chi connectivity index (χ3v) is 3.74. The second-order valence-corrected chi connectivity index (χ2v) is 5.91. The van der Waals surface area contributed by atoms with Gasteiger partial charge in [0.1, 0.15) is 11.5 Å². The summed E-state index contributed by atoms with van der Waals surface area (Å²) in [5, 5.41) is 9.46. The highest BCUT2D eigenvalue weighted by Gasteiger charge is 2.12. The number of halogens is 2. The Morgan fingerprint density at radius 1 is 1.17 bits per heavy atom. The Hall–Kier alpha value is -2.05. The Bertz CT molecular complexity index is 760. The molecule has 0 amide bonds. The van der Waals surface area contributed by atoms with E-state index in [1.54, 1.807) is 18.2 Å². The van der Waals surface area contributed by atoms with Crippen LogP contribution in [-0.4, -0.2) is 23.7 Å². The molecule has 5 nitrogen and oxygen atoms in total. The third-order valence-electron chi connectivity index (χ3n) is 2.89. The monoisotopic (exact) mass is 398 g/mol. The van der Waals surface area contributed by atoms with Gasteiger partial charge in [-0.25, -0.2) is 9.59 Å². The molecular formula is C16H12BrClO5. The predicted octanol–water partition coefficient (Wildman–Crippen LogP) is 4.09. The number of hydrogen-bond donors (Lipinski definition) is 1. The molecule has 0 saturated heterocycles. The zero-order valence-electron chi connectivity index (χ0n) is 12.0. The molecule has 7 heteroatoms. The van der Waals surface area contributed by atoms with Crippen LogP contribution in [0.4, 0.5) is 0 Å². The molecule has 0 aliphatic carbocycles. The largest absolute Gasteiger partial charge is 0.482 e. The van der Waals surface area contributed by atoms with Crippen LogP contribution >= 0.6 is 27.5 Å². The molecule has 0 fully saturated rings. The fraction of sp³-hybridized carbons (Fsp3) is 0.125. The van der Waals surface area contributed by atoms with Crippen LogP contribution < -0.4 is 9.47 Å². The number of aryl methyl sites for hydroxylation is 1. The Kier molecular flexibility index (Phi) is 5.63. The zero-order chi connectivity index (χ0) is 17.0. The Balaban J connectivity index is 1.98. The van der Waals surface area contributed by atoms with Crippen molar-refractivity contribution < 1.29 is 24.2 Å². The first-order valence-corrected chi connectivity index (χ1v) is 7.66. The van der Waals surface area contributed by atoms with E-state index in [9.17, 15) is 9.59 Å². The van der Waals surface area contributed by atoms with Crippen LogP contribution in [0.15, 0.2) is 40.9 Å². The van der Waals surface area contributed by atoms with Crippen LogP contribution in [0.1, 0.15) is 15.9 Å². The topological polar surface area (TPSA) is 72.8 Å². The zero-order valence-corrected chi connectivity index (χ0v) is 14.3. The molecule has 0 aliphatic rings. The fourth-order valence-electron chi connectivity index (χ4n) is 1.78. The molecule has 0 spiro atoms. The molecule has 2 rings (SSSR count). The lowest BCUT2D eigenvalue weighted by Crippen LogP contribution is -2.18. The van der Waals surface area contributed by atoms with Crippen LogP contribution in [0.2, 0.25) is 5.02 Å². The van der Waals surface area contributed by atoms with Crippen LogP contribution in [0.25, 0.3) is 0 Å². The summed E-state index contributed by atoms with van der Waals surface area (Å²) in [4.78, 5) is 22.7. The summed E-state index contributed by atoms with van der Waals surface area (Å²) in [6.07, 6.45) is 0. The first-order chi connectivity index (χ1) is 10.9. The number of rotatable bonds is 5. The molecule has 0 aromatic heterocycles. The molecule has 0 heterocycles. The van der Waals surface area contributed by atoms with Gasteiger partial charge in [-0.05, 0) is 64.8 Å². The summed E-state index contributed by atoms with van der Waals surface area (Å²) >= 11 is 9.01. The number of carboxylic acid groups (broad SMARTS) is 1. The van der Waals surface area contributed by atoms with E-state index >= 15 is 0 Å². The van der Waals surface area contributed by atoms with Crippen LogP contribution in [0, 0.1) is 6.92 Å². The first kappa shape index (κ1) is 17.3. The lowest BCUT2D eigenvalue weighted by molar-refractivity contribution is -0.136. The number of ether oxygens (including phenoxy) is 2. The highest BCUT2D eigenvalue weighted by molar-refractivity contribution is 9.10. The number of carbonyl (C=O) groups excluding carboxylic acids is 1. The van der Waals surface area contributed by atoms with Crippen molar-refractivity contribution in [2.45, 2.75) is 6.92 Å². The highest BCUT2D eigenvalue weighted by atomic mass is 79.9. The van der Waals surface area contributed by atoms with Crippen molar-refractivity contribution in [1.29, 1.82) is 0 Å². The molecular weight excluding hydrogens is 388 g/mol. The summed E-state index contributed by atoms with van der Waals surface area (Å²) in [5.74, 6) is -0.920. The number of benzene rings is 2. The maximum atomic E-state index is 11.8. The van der Waals surface area contributed by atoms with Crippen molar-refractivity contribution in [3.05, 3.63) is 57.0 Å². The summed E-state index contributed by atoms with van der Waals surface area (Å²) in [6.45, 7) is 1.53. The highest BCUT2D eigenvalue weighted by Crippen LogP contribution is 2.26. The van der Waals surface area contributed by atoms with E-state index in [0.29, 0.717) is 15.2 Å². The number of aromatic carboxylic acids is 1. The van der Waals surface area contributed by atoms with Crippen LogP contribution in [0.3, 0.4) is 0 Å². The molecule has 2 aromatic carbocycles. The van der Waals surface area contributed by atoms with Gasteiger partial charge in [0.15, 0.2) is 6.61 Å². The summed E-state index contributed by atoms with van der Waals surface area (Å²) in [5.41, 5.74) is 0.891. The molecule has 0 unspecified atom stereocenters. The Morgan fingerprint density at radius 3 is 2.48 bits per heavy atom. The predicted molar refractivity (Wildman–Crippen MR) is 88.4 cm³/mol. The molecule has 1 N–H and O–H groups in total. The van der Waals surface area contributed by atoms with E-state index in [1.165, 1.54) is 18.2 Å². The van der Waals surface area contributed by atoms with Crippen molar-refractivity contribution >= 4 is 39.5 Å². The molecule has 0 aliphatic heterocycles. The molecule has 0 bridgehead atoms. The molecule has 0 radical (unpaired) electrons. The second-order valence-electron chi connectivity index (χ2n) is 4.62. The number of hydrogen-bond acceptors (Lipinski definition) is 4. The van der Waals surface area contributed by atoms with Gasteiger partial charge in [-0.15, -0.1) is 0 Å². The van der Waals surface area contributed by atoms with Gasteiger partial charge in [0.05, 0.1) is 10.0 Å². The minimum atomic E-state index is -1.06. The summed E-state index contributed by atoms with van der Waals surface area (Å²) in [7, 11) is 0. The van der Waals surface area contributed by atoms with E-state index in [4.69, 9.17) is 26.2 Å². The molecule has 0 saturated carbocycles. The van der Waals surface area contributed by atoms with Gasteiger partial charge in [0.25, 0.3) is 0 Å². The van der Waals surface area contributed by atoms with E-state index in [0.717, 1.165) is 5.56 Å². The average Bonchev–Trinajstić information content (AvgIpc) is 2.48. The van der Waals surface area contributed by atoms with E-state index in [1.807, 2.05) is 6.92 Å². The summed E-state index contributed by atoms with van der Waals surface area (Å²) in [6, 6.07) is 9.16. The normalized spacial score (nSPS) is 10.2. The molecule has 23 heavy (non-hydrogen) atoms. The standard InChI is InChI=1S/C16H12BrClO5/c1-9-6-11(18)3-5-13(9)22-8-15(19)23-14-4-2-10(16(20)21)7-12(14)17/h2-7H,8H2,1H3,(H,20,21). The minimum absolute atomic E-state index is 0.0877. The van der Waals surface area contributed by atoms with Gasteiger partial charge in [-0.2, -0.15) is 0 Å². The smallest absolute Gasteiger partial charge is 0.349 e. The molecule has 120 valence electrons.